The van der Waals surface area contributed by atoms with E-state index in [0.717, 1.165) is 32.1 Å². The molecule has 0 aliphatic carbocycles. The maximum atomic E-state index is 13.6. The maximum absolute atomic E-state index is 13.6. The Balaban J connectivity index is 3.86. The van der Waals surface area contributed by atoms with Crippen molar-refractivity contribution in [3.05, 3.63) is 0 Å². The monoisotopic (exact) mass is 275 g/mol. The highest BCUT2D eigenvalue weighted by Gasteiger charge is 2.19. The van der Waals surface area contributed by atoms with E-state index in [-0.39, 0.29) is 13.0 Å². The number of carbonyl (C=O) groups is 2. The quantitative estimate of drug-likeness (QED) is 0.590. The fraction of sp³-hybridized carbons (Fsp3) is 0.857. The molecule has 0 aromatic heterocycles. The first-order valence-electron chi connectivity index (χ1n) is 7.14. The Bertz CT molecular complexity index is 271. The molecule has 0 saturated heterocycles. The van der Waals surface area contributed by atoms with Crippen LogP contribution in [0.25, 0.3) is 0 Å². The third-order valence-corrected chi connectivity index (χ3v) is 3.08. The average molecular weight is 275 g/mol. The number of halogens is 1. The van der Waals surface area contributed by atoms with Crippen molar-refractivity contribution in [3.63, 3.8) is 0 Å². The molecule has 0 rings (SSSR count). The molecule has 5 heteroatoms. The number of hydrogen-bond donors (Lipinski definition) is 1. The molecule has 1 atom stereocenters. The fourth-order valence-electron chi connectivity index (χ4n) is 1.93. The minimum Gasteiger partial charge on any atom is -0.480 e. The van der Waals surface area contributed by atoms with E-state index in [2.05, 4.69) is 6.92 Å². The Labute approximate surface area is 115 Å². The molecule has 0 radical (unpaired) electrons. The second-order valence-corrected chi connectivity index (χ2v) is 4.81. The number of amides is 1. The number of carbonyl (C=O) groups excluding carboxylic acids is 1. The van der Waals surface area contributed by atoms with Crippen molar-refractivity contribution in [2.45, 2.75) is 65.0 Å². The average Bonchev–Trinajstić information content (AvgIpc) is 2.35. The molecule has 1 N–H and O–H groups in total. The Hall–Kier alpha value is -1.13. The molecule has 0 aromatic rings. The van der Waals surface area contributed by atoms with Crippen molar-refractivity contribution >= 4 is 11.9 Å². The van der Waals surface area contributed by atoms with E-state index in [9.17, 15) is 14.0 Å². The van der Waals surface area contributed by atoms with Crippen molar-refractivity contribution in [2.24, 2.45) is 0 Å². The van der Waals surface area contributed by atoms with Crippen LogP contribution in [0.4, 0.5) is 4.39 Å². The lowest BCUT2D eigenvalue weighted by atomic mass is 10.1. The number of hydrogen-bond acceptors (Lipinski definition) is 2. The van der Waals surface area contributed by atoms with Crippen LogP contribution in [0.2, 0.25) is 0 Å². The van der Waals surface area contributed by atoms with E-state index in [1.165, 1.54) is 4.90 Å². The van der Waals surface area contributed by atoms with Crippen LogP contribution < -0.4 is 0 Å². The minimum atomic E-state index is -1.16. The normalized spacial score (nSPS) is 12.2. The lowest BCUT2D eigenvalue weighted by Crippen LogP contribution is -2.36. The van der Waals surface area contributed by atoms with Crippen LogP contribution in [-0.4, -0.2) is 41.1 Å². The zero-order valence-electron chi connectivity index (χ0n) is 12.0. The topological polar surface area (TPSA) is 57.6 Å². The molecule has 0 aromatic carbocycles. The van der Waals surface area contributed by atoms with Crippen LogP contribution in [-0.2, 0) is 9.59 Å². The summed E-state index contributed by atoms with van der Waals surface area (Å²) in [6, 6.07) is 0. The van der Waals surface area contributed by atoms with Gasteiger partial charge >= 0.3 is 5.97 Å². The van der Waals surface area contributed by atoms with Gasteiger partial charge < -0.3 is 10.0 Å². The number of aliphatic carboxylic acids is 1. The summed E-state index contributed by atoms with van der Waals surface area (Å²) in [4.78, 5) is 23.4. The van der Waals surface area contributed by atoms with Crippen LogP contribution in [0.15, 0.2) is 0 Å². The SMILES string of the molecule is CCCCCCCC(F)CC(=O)N(CC)CC(=O)O. The first kappa shape index (κ1) is 17.9. The summed E-state index contributed by atoms with van der Waals surface area (Å²) in [6.45, 7) is 3.77. The van der Waals surface area contributed by atoms with E-state index in [1.54, 1.807) is 6.92 Å². The zero-order valence-corrected chi connectivity index (χ0v) is 12.0. The van der Waals surface area contributed by atoms with E-state index in [1.807, 2.05) is 0 Å². The molecule has 0 fully saturated rings. The van der Waals surface area contributed by atoms with Gasteiger partial charge in [-0.15, -0.1) is 0 Å². The van der Waals surface area contributed by atoms with Crippen LogP contribution in [0.5, 0.6) is 0 Å². The van der Waals surface area contributed by atoms with Gasteiger partial charge in [0, 0.05) is 6.54 Å². The molecule has 0 saturated carbocycles. The second-order valence-electron chi connectivity index (χ2n) is 4.81. The first-order chi connectivity index (χ1) is 9.01. The molecule has 1 amide bonds. The van der Waals surface area contributed by atoms with Crippen molar-refractivity contribution in [3.8, 4) is 0 Å². The lowest BCUT2D eigenvalue weighted by molar-refractivity contribution is -0.144. The van der Waals surface area contributed by atoms with Crippen LogP contribution >= 0.6 is 0 Å². The number of nitrogens with zero attached hydrogens (tertiary/aromatic N) is 1. The molecule has 112 valence electrons. The molecule has 19 heavy (non-hydrogen) atoms. The van der Waals surface area contributed by atoms with E-state index in [4.69, 9.17) is 5.11 Å². The van der Waals surface area contributed by atoms with Gasteiger partial charge in [-0.25, -0.2) is 4.39 Å². The number of carboxylic acids is 1. The Morgan fingerprint density at radius 3 is 2.32 bits per heavy atom. The van der Waals surface area contributed by atoms with E-state index in [0.29, 0.717) is 13.0 Å². The number of likely N-dealkylation sites (N-methyl/N-ethyl adjacent to an activating group) is 1. The van der Waals surface area contributed by atoms with Gasteiger partial charge in [-0.2, -0.15) is 0 Å². The van der Waals surface area contributed by atoms with Crippen LogP contribution in [0.3, 0.4) is 0 Å². The molecule has 0 heterocycles. The largest absolute Gasteiger partial charge is 0.480 e. The van der Waals surface area contributed by atoms with Gasteiger partial charge in [-0.1, -0.05) is 39.0 Å². The molecule has 0 bridgehead atoms. The summed E-state index contributed by atoms with van der Waals surface area (Å²) in [7, 11) is 0. The first-order valence-corrected chi connectivity index (χ1v) is 7.14. The molecule has 0 aliphatic heterocycles. The Morgan fingerprint density at radius 2 is 1.79 bits per heavy atom. The Morgan fingerprint density at radius 1 is 1.16 bits per heavy atom. The number of unbranched alkanes of at least 4 members (excludes halogenated alkanes) is 4. The minimum absolute atomic E-state index is 0.200. The van der Waals surface area contributed by atoms with Gasteiger partial charge in [-0.3, -0.25) is 9.59 Å². The van der Waals surface area contributed by atoms with Gasteiger partial charge in [0.1, 0.15) is 12.7 Å². The maximum Gasteiger partial charge on any atom is 0.323 e. The summed E-state index contributed by atoms with van der Waals surface area (Å²) < 4.78 is 13.6. The van der Waals surface area contributed by atoms with Crippen molar-refractivity contribution in [2.75, 3.05) is 13.1 Å². The zero-order chi connectivity index (χ0) is 14.7. The molecular formula is C14H26FNO3. The third-order valence-electron chi connectivity index (χ3n) is 3.08. The molecule has 0 spiro atoms. The number of alkyl halides is 1. The van der Waals surface area contributed by atoms with Crippen LogP contribution in [0.1, 0.15) is 58.8 Å². The van der Waals surface area contributed by atoms with Crippen LogP contribution in [0, 0.1) is 0 Å². The highest BCUT2D eigenvalue weighted by atomic mass is 19.1. The van der Waals surface area contributed by atoms with Crippen molar-refractivity contribution in [1.82, 2.24) is 4.90 Å². The summed E-state index contributed by atoms with van der Waals surface area (Å²) >= 11 is 0. The van der Waals surface area contributed by atoms with Gasteiger partial charge in [0.2, 0.25) is 5.91 Å². The second kappa shape index (κ2) is 10.8. The highest BCUT2D eigenvalue weighted by molar-refractivity contribution is 5.81. The highest BCUT2D eigenvalue weighted by Crippen LogP contribution is 2.13. The molecule has 4 nitrogen and oxygen atoms in total. The number of carboxylic acid groups (broad SMARTS) is 1. The predicted molar refractivity (Wildman–Crippen MR) is 72.8 cm³/mol. The van der Waals surface area contributed by atoms with Gasteiger partial charge in [-0.05, 0) is 13.3 Å². The van der Waals surface area contributed by atoms with Gasteiger partial charge in [0.05, 0.1) is 6.42 Å². The predicted octanol–water partition coefficient (Wildman–Crippen LogP) is 3.01. The molecule has 0 aliphatic rings. The summed E-state index contributed by atoms with van der Waals surface area (Å²) in [5.74, 6) is -1.48. The Kier molecular flexibility index (Phi) is 10.1. The van der Waals surface area contributed by atoms with Gasteiger partial charge in [0.25, 0.3) is 0 Å². The summed E-state index contributed by atoms with van der Waals surface area (Å²) in [5, 5.41) is 8.63. The van der Waals surface area contributed by atoms with E-state index < -0.39 is 18.0 Å². The molecular weight excluding hydrogens is 249 g/mol. The van der Waals surface area contributed by atoms with Crippen molar-refractivity contribution < 1.29 is 19.1 Å². The smallest absolute Gasteiger partial charge is 0.323 e. The van der Waals surface area contributed by atoms with E-state index >= 15 is 0 Å². The van der Waals surface area contributed by atoms with Crippen molar-refractivity contribution in [1.29, 1.82) is 0 Å². The fourth-order valence-corrected chi connectivity index (χ4v) is 1.93. The third kappa shape index (κ3) is 9.45. The lowest BCUT2D eigenvalue weighted by Gasteiger charge is -2.19. The van der Waals surface area contributed by atoms with Gasteiger partial charge in [0.15, 0.2) is 0 Å². The summed E-state index contributed by atoms with van der Waals surface area (Å²) in [6.07, 6.45) is 4.24. The molecule has 1 unspecified atom stereocenters. The number of rotatable bonds is 11. The standard InChI is InChI=1S/C14H26FNO3/c1-3-5-6-7-8-9-12(15)10-13(17)16(4-2)11-14(18)19/h12H,3-11H2,1-2H3,(H,18,19). The summed E-state index contributed by atoms with van der Waals surface area (Å²) in [5.41, 5.74) is 0.